The number of carbonyl (C=O) groups excluding carboxylic acids is 1. The van der Waals surface area contributed by atoms with E-state index in [-0.39, 0.29) is 5.97 Å². The van der Waals surface area contributed by atoms with Crippen LogP contribution in [-0.2, 0) is 9.53 Å². The van der Waals surface area contributed by atoms with E-state index in [0.717, 1.165) is 51.3 Å². The van der Waals surface area contributed by atoms with Crippen LogP contribution in [0.4, 0.5) is 0 Å². The third-order valence-electron chi connectivity index (χ3n) is 4.91. The number of carbonyl (C=O) groups is 1. The standard InChI is InChI=1S/C18H35N3O2/c1-4-18(12-10-13-18)15-21-17(19-5-2)20-14-9-7-6-8-11-16(22)23-3/h4-15H2,1-3H3,(H2,19,20,21). The summed E-state index contributed by atoms with van der Waals surface area (Å²) >= 11 is 0. The highest BCUT2D eigenvalue weighted by Gasteiger charge is 2.34. The molecule has 0 aromatic heterocycles. The number of guanidine groups is 1. The zero-order chi connectivity index (χ0) is 17.0. The summed E-state index contributed by atoms with van der Waals surface area (Å²) in [5.41, 5.74) is 0.468. The second kappa shape index (κ2) is 11.3. The van der Waals surface area contributed by atoms with Crippen LogP contribution < -0.4 is 10.6 Å². The van der Waals surface area contributed by atoms with Crippen LogP contribution in [0.25, 0.3) is 0 Å². The van der Waals surface area contributed by atoms with E-state index in [1.54, 1.807) is 0 Å². The van der Waals surface area contributed by atoms with Crippen LogP contribution in [0.3, 0.4) is 0 Å². The number of aliphatic imine (C=N–C) groups is 1. The van der Waals surface area contributed by atoms with Crippen molar-refractivity contribution in [1.82, 2.24) is 10.6 Å². The molecule has 0 aromatic rings. The molecule has 0 heterocycles. The fraction of sp³-hybridized carbons (Fsp3) is 0.889. The van der Waals surface area contributed by atoms with E-state index in [9.17, 15) is 4.79 Å². The Kier molecular flexibility index (Phi) is 9.72. The van der Waals surface area contributed by atoms with E-state index in [1.807, 2.05) is 0 Å². The van der Waals surface area contributed by atoms with Gasteiger partial charge in [0.05, 0.1) is 7.11 Å². The van der Waals surface area contributed by atoms with Crippen LogP contribution in [0, 0.1) is 5.41 Å². The number of ether oxygens (including phenoxy) is 1. The van der Waals surface area contributed by atoms with Crippen molar-refractivity contribution in [2.24, 2.45) is 10.4 Å². The molecule has 0 amide bonds. The molecule has 0 radical (unpaired) electrons. The first-order valence-corrected chi connectivity index (χ1v) is 9.25. The van der Waals surface area contributed by atoms with E-state index in [4.69, 9.17) is 4.99 Å². The Morgan fingerprint density at radius 2 is 1.87 bits per heavy atom. The number of nitrogens with zero attached hydrogens (tertiary/aromatic N) is 1. The average Bonchev–Trinajstić information content (AvgIpc) is 2.52. The summed E-state index contributed by atoms with van der Waals surface area (Å²) in [7, 11) is 1.44. The lowest BCUT2D eigenvalue weighted by Gasteiger charge is -2.40. The van der Waals surface area contributed by atoms with Crippen molar-refractivity contribution in [3.05, 3.63) is 0 Å². The van der Waals surface area contributed by atoms with Crippen molar-refractivity contribution >= 4 is 11.9 Å². The fourth-order valence-electron chi connectivity index (χ4n) is 2.95. The number of hydrogen-bond donors (Lipinski definition) is 2. The number of hydrogen-bond acceptors (Lipinski definition) is 3. The molecule has 5 nitrogen and oxygen atoms in total. The molecule has 0 bridgehead atoms. The van der Waals surface area contributed by atoms with Gasteiger partial charge in [-0.05, 0) is 44.4 Å². The van der Waals surface area contributed by atoms with Crippen LogP contribution in [-0.4, -0.2) is 38.7 Å². The second-order valence-electron chi connectivity index (χ2n) is 6.57. The van der Waals surface area contributed by atoms with Crippen LogP contribution in [0.5, 0.6) is 0 Å². The van der Waals surface area contributed by atoms with Crippen LogP contribution in [0.2, 0.25) is 0 Å². The Labute approximate surface area is 141 Å². The Hall–Kier alpha value is -1.26. The summed E-state index contributed by atoms with van der Waals surface area (Å²) in [4.78, 5) is 15.8. The lowest BCUT2D eigenvalue weighted by atomic mass is 9.67. The number of nitrogens with one attached hydrogen (secondary N) is 2. The SMILES string of the molecule is CCNC(=NCC1(CC)CCC1)NCCCCCCC(=O)OC. The summed E-state index contributed by atoms with van der Waals surface area (Å²) in [5.74, 6) is 0.840. The molecule has 1 aliphatic carbocycles. The summed E-state index contributed by atoms with van der Waals surface area (Å²) in [5, 5.41) is 6.75. The Morgan fingerprint density at radius 1 is 1.13 bits per heavy atom. The van der Waals surface area contributed by atoms with Crippen LogP contribution in [0.1, 0.15) is 71.6 Å². The maximum atomic E-state index is 11.0. The number of unbranched alkanes of at least 4 members (excludes halogenated alkanes) is 3. The maximum Gasteiger partial charge on any atom is 0.305 e. The van der Waals surface area contributed by atoms with Gasteiger partial charge in [-0.1, -0.05) is 26.2 Å². The second-order valence-corrected chi connectivity index (χ2v) is 6.57. The molecule has 23 heavy (non-hydrogen) atoms. The molecule has 0 aliphatic heterocycles. The van der Waals surface area contributed by atoms with Gasteiger partial charge in [0.1, 0.15) is 0 Å². The normalized spacial score (nSPS) is 16.6. The monoisotopic (exact) mass is 325 g/mol. The molecule has 1 aliphatic rings. The van der Waals surface area contributed by atoms with Gasteiger partial charge in [-0.15, -0.1) is 0 Å². The van der Waals surface area contributed by atoms with Crippen molar-refractivity contribution in [1.29, 1.82) is 0 Å². The quantitative estimate of drug-likeness (QED) is 0.265. The maximum absolute atomic E-state index is 11.0. The molecule has 0 aromatic carbocycles. The average molecular weight is 325 g/mol. The Bertz CT molecular complexity index is 360. The van der Waals surface area contributed by atoms with E-state index in [0.29, 0.717) is 11.8 Å². The molecular weight excluding hydrogens is 290 g/mol. The van der Waals surface area contributed by atoms with Crippen molar-refractivity contribution < 1.29 is 9.53 Å². The number of esters is 1. The molecule has 5 heteroatoms. The van der Waals surface area contributed by atoms with E-state index in [1.165, 1.54) is 32.8 Å². The van der Waals surface area contributed by atoms with Gasteiger partial charge in [0.15, 0.2) is 5.96 Å². The van der Waals surface area contributed by atoms with Gasteiger partial charge < -0.3 is 15.4 Å². The summed E-state index contributed by atoms with van der Waals surface area (Å²) in [6.45, 7) is 7.15. The minimum absolute atomic E-state index is 0.106. The van der Waals surface area contributed by atoms with Crippen molar-refractivity contribution in [3.63, 3.8) is 0 Å². The summed E-state index contributed by atoms with van der Waals surface area (Å²) < 4.78 is 4.64. The van der Waals surface area contributed by atoms with Crippen molar-refractivity contribution in [3.8, 4) is 0 Å². The zero-order valence-electron chi connectivity index (χ0n) is 15.2. The van der Waals surface area contributed by atoms with Crippen LogP contribution >= 0.6 is 0 Å². The lowest BCUT2D eigenvalue weighted by molar-refractivity contribution is -0.140. The van der Waals surface area contributed by atoms with Crippen molar-refractivity contribution in [2.75, 3.05) is 26.7 Å². The predicted molar refractivity (Wildman–Crippen MR) is 95.7 cm³/mol. The molecule has 1 fully saturated rings. The van der Waals surface area contributed by atoms with Gasteiger partial charge in [-0.2, -0.15) is 0 Å². The smallest absolute Gasteiger partial charge is 0.305 e. The highest BCUT2D eigenvalue weighted by molar-refractivity contribution is 5.79. The Balaban J connectivity index is 2.16. The summed E-state index contributed by atoms with van der Waals surface area (Å²) in [6, 6.07) is 0. The molecule has 0 atom stereocenters. The third kappa shape index (κ3) is 7.71. The molecule has 2 N–H and O–H groups in total. The van der Waals surface area contributed by atoms with E-state index >= 15 is 0 Å². The first kappa shape index (κ1) is 19.8. The van der Waals surface area contributed by atoms with E-state index < -0.39 is 0 Å². The fourth-order valence-corrected chi connectivity index (χ4v) is 2.95. The first-order chi connectivity index (χ1) is 11.2. The van der Waals surface area contributed by atoms with Crippen molar-refractivity contribution in [2.45, 2.75) is 71.6 Å². The largest absolute Gasteiger partial charge is 0.469 e. The minimum atomic E-state index is -0.106. The van der Waals surface area contributed by atoms with Crippen LogP contribution in [0.15, 0.2) is 4.99 Å². The predicted octanol–water partition coefficient (Wildman–Crippen LogP) is 3.25. The molecule has 0 saturated heterocycles. The summed E-state index contributed by atoms with van der Waals surface area (Å²) in [6.07, 6.45) is 10.00. The zero-order valence-corrected chi connectivity index (χ0v) is 15.2. The molecule has 0 spiro atoms. The topological polar surface area (TPSA) is 62.7 Å². The number of rotatable bonds is 11. The van der Waals surface area contributed by atoms with Gasteiger partial charge in [0, 0.05) is 26.1 Å². The molecule has 1 rings (SSSR count). The number of methoxy groups -OCH3 is 1. The Morgan fingerprint density at radius 3 is 2.43 bits per heavy atom. The molecule has 0 unspecified atom stereocenters. The molecule has 134 valence electrons. The first-order valence-electron chi connectivity index (χ1n) is 9.25. The molecule has 1 saturated carbocycles. The third-order valence-corrected chi connectivity index (χ3v) is 4.91. The highest BCUT2D eigenvalue weighted by atomic mass is 16.5. The van der Waals surface area contributed by atoms with Gasteiger partial charge in [0.25, 0.3) is 0 Å². The molecular formula is C18H35N3O2. The van der Waals surface area contributed by atoms with Gasteiger partial charge in [0.2, 0.25) is 0 Å². The van der Waals surface area contributed by atoms with Gasteiger partial charge >= 0.3 is 5.97 Å². The van der Waals surface area contributed by atoms with E-state index in [2.05, 4.69) is 29.2 Å². The lowest BCUT2D eigenvalue weighted by Crippen LogP contribution is -2.40. The van der Waals surface area contributed by atoms with Gasteiger partial charge in [-0.25, -0.2) is 0 Å². The highest BCUT2D eigenvalue weighted by Crippen LogP contribution is 2.43. The van der Waals surface area contributed by atoms with Gasteiger partial charge in [-0.3, -0.25) is 9.79 Å². The minimum Gasteiger partial charge on any atom is -0.469 e.